The van der Waals surface area contributed by atoms with E-state index in [0.29, 0.717) is 0 Å². The second kappa shape index (κ2) is 8.39. The zero-order chi connectivity index (χ0) is 16.8. The average molecular weight is 335 g/mol. The predicted octanol–water partition coefficient (Wildman–Crippen LogP) is 3.39. The van der Waals surface area contributed by atoms with Gasteiger partial charge in [0.25, 0.3) is 5.91 Å². The molecule has 0 heterocycles. The lowest BCUT2D eigenvalue weighted by atomic mass is 10.2. The minimum Gasteiger partial charge on any atom is -0.452 e. The molecular formula is C18H25NO3S. The molecule has 4 nitrogen and oxygen atoms in total. The quantitative estimate of drug-likeness (QED) is 0.639. The molecule has 1 saturated carbocycles. The lowest BCUT2D eigenvalue weighted by Gasteiger charge is -2.17. The van der Waals surface area contributed by atoms with Crippen LogP contribution in [0.5, 0.6) is 0 Å². The van der Waals surface area contributed by atoms with Gasteiger partial charge in [0.1, 0.15) is 0 Å². The standard InChI is InChI=1S/C18H25NO3S/c1-12-8-9-16(13(2)10-12)23-11-17(20)22-14(3)18(21)19-15-6-4-5-7-15/h8-10,14-15H,4-7,11H2,1-3H3,(H,19,21)/t14-/m1/s1. The highest BCUT2D eigenvalue weighted by atomic mass is 32.2. The minimum atomic E-state index is -0.734. The van der Waals surface area contributed by atoms with Crippen LogP contribution in [0.15, 0.2) is 23.1 Å². The number of amides is 1. The first-order valence-corrected chi connectivity index (χ1v) is 9.14. The van der Waals surface area contributed by atoms with Crippen molar-refractivity contribution < 1.29 is 14.3 Å². The number of carbonyl (C=O) groups is 2. The highest BCUT2D eigenvalue weighted by molar-refractivity contribution is 8.00. The lowest BCUT2D eigenvalue weighted by Crippen LogP contribution is -2.41. The summed E-state index contributed by atoms with van der Waals surface area (Å²) in [6, 6.07) is 6.37. The number of esters is 1. The molecule has 0 bridgehead atoms. The van der Waals surface area contributed by atoms with E-state index in [4.69, 9.17) is 4.74 Å². The van der Waals surface area contributed by atoms with Gasteiger partial charge in [0.15, 0.2) is 6.10 Å². The van der Waals surface area contributed by atoms with E-state index in [2.05, 4.69) is 11.4 Å². The molecule has 1 fully saturated rings. The van der Waals surface area contributed by atoms with E-state index < -0.39 is 6.10 Å². The summed E-state index contributed by atoms with van der Waals surface area (Å²) in [4.78, 5) is 25.0. The highest BCUT2D eigenvalue weighted by Crippen LogP contribution is 2.23. The molecule has 1 aliphatic carbocycles. The summed E-state index contributed by atoms with van der Waals surface area (Å²) in [5, 5.41) is 2.95. The molecule has 1 atom stereocenters. The monoisotopic (exact) mass is 335 g/mol. The Bertz CT molecular complexity index is 567. The molecule has 126 valence electrons. The van der Waals surface area contributed by atoms with Crippen molar-refractivity contribution in [1.29, 1.82) is 0 Å². The minimum absolute atomic E-state index is 0.193. The third kappa shape index (κ3) is 5.57. The molecule has 23 heavy (non-hydrogen) atoms. The number of nitrogens with one attached hydrogen (secondary N) is 1. The van der Waals surface area contributed by atoms with Gasteiger partial charge < -0.3 is 10.1 Å². The number of hydrogen-bond acceptors (Lipinski definition) is 4. The van der Waals surface area contributed by atoms with Gasteiger partial charge in [-0.25, -0.2) is 0 Å². The SMILES string of the molecule is Cc1ccc(SCC(=O)O[C@H](C)C(=O)NC2CCCC2)c(C)c1. The Morgan fingerprint density at radius 2 is 2.00 bits per heavy atom. The van der Waals surface area contributed by atoms with Crippen LogP contribution in [0.2, 0.25) is 0 Å². The first-order chi connectivity index (χ1) is 11.0. The summed E-state index contributed by atoms with van der Waals surface area (Å²) < 4.78 is 5.24. The van der Waals surface area contributed by atoms with E-state index in [-0.39, 0.29) is 23.7 Å². The van der Waals surface area contributed by atoms with Gasteiger partial charge in [0, 0.05) is 10.9 Å². The number of aryl methyl sites for hydroxylation is 2. The molecule has 0 radical (unpaired) electrons. The van der Waals surface area contributed by atoms with Crippen molar-refractivity contribution in [1.82, 2.24) is 5.32 Å². The summed E-state index contributed by atoms with van der Waals surface area (Å²) in [5.41, 5.74) is 2.35. The fourth-order valence-corrected chi connectivity index (χ4v) is 3.56. The number of rotatable bonds is 6. The summed E-state index contributed by atoms with van der Waals surface area (Å²) >= 11 is 1.44. The molecule has 1 amide bonds. The average Bonchev–Trinajstić information content (AvgIpc) is 2.99. The molecule has 0 aliphatic heterocycles. The van der Waals surface area contributed by atoms with Crippen LogP contribution in [0.3, 0.4) is 0 Å². The Kier molecular flexibility index (Phi) is 6.51. The van der Waals surface area contributed by atoms with E-state index in [1.807, 2.05) is 26.0 Å². The van der Waals surface area contributed by atoms with E-state index in [1.54, 1.807) is 6.92 Å². The molecule has 0 unspecified atom stereocenters. The Morgan fingerprint density at radius 1 is 1.30 bits per heavy atom. The number of benzene rings is 1. The van der Waals surface area contributed by atoms with Crippen molar-refractivity contribution >= 4 is 23.6 Å². The van der Waals surface area contributed by atoms with Gasteiger partial charge in [-0.3, -0.25) is 9.59 Å². The third-order valence-electron chi connectivity index (χ3n) is 4.05. The van der Waals surface area contributed by atoms with E-state index in [1.165, 1.54) is 17.3 Å². The van der Waals surface area contributed by atoms with Crippen molar-refractivity contribution in [2.75, 3.05) is 5.75 Å². The maximum absolute atomic E-state index is 12.0. The molecule has 5 heteroatoms. The fourth-order valence-electron chi connectivity index (χ4n) is 2.77. The Hall–Kier alpha value is -1.49. The first-order valence-electron chi connectivity index (χ1n) is 8.15. The van der Waals surface area contributed by atoms with Crippen LogP contribution >= 0.6 is 11.8 Å². The van der Waals surface area contributed by atoms with Gasteiger partial charge in [-0.05, 0) is 45.2 Å². The highest BCUT2D eigenvalue weighted by Gasteiger charge is 2.23. The van der Waals surface area contributed by atoms with Crippen LogP contribution in [-0.2, 0) is 14.3 Å². The fraction of sp³-hybridized carbons (Fsp3) is 0.556. The zero-order valence-electron chi connectivity index (χ0n) is 14.1. The van der Waals surface area contributed by atoms with E-state index in [9.17, 15) is 9.59 Å². The molecular weight excluding hydrogens is 310 g/mol. The molecule has 0 aromatic heterocycles. The van der Waals surface area contributed by atoms with Crippen LogP contribution in [0.25, 0.3) is 0 Å². The maximum Gasteiger partial charge on any atom is 0.317 e. The molecule has 1 aromatic rings. The van der Waals surface area contributed by atoms with Gasteiger partial charge >= 0.3 is 5.97 Å². The Balaban J connectivity index is 1.75. The lowest BCUT2D eigenvalue weighted by molar-refractivity contribution is -0.152. The van der Waals surface area contributed by atoms with Gasteiger partial charge in [0.2, 0.25) is 0 Å². The van der Waals surface area contributed by atoms with Crippen molar-refractivity contribution in [3.8, 4) is 0 Å². The van der Waals surface area contributed by atoms with E-state index in [0.717, 1.165) is 36.1 Å². The van der Waals surface area contributed by atoms with Crippen LogP contribution in [0, 0.1) is 13.8 Å². The summed E-state index contributed by atoms with van der Waals surface area (Å²) in [7, 11) is 0. The van der Waals surface area contributed by atoms with Crippen molar-refractivity contribution in [3.05, 3.63) is 29.3 Å². The van der Waals surface area contributed by atoms with Crippen molar-refractivity contribution in [3.63, 3.8) is 0 Å². The molecule has 1 aromatic carbocycles. The Labute approximate surface area is 142 Å². The smallest absolute Gasteiger partial charge is 0.317 e. The molecule has 1 aliphatic rings. The number of ether oxygens (including phenoxy) is 1. The molecule has 0 saturated heterocycles. The number of thioether (sulfide) groups is 1. The molecule has 0 spiro atoms. The maximum atomic E-state index is 12.0. The van der Waals surface area contributed by atoms with E-state index >= 15 is 0 Å². The first kappa shape index (κ1) is 17.9. The topological polar surface area (TPSA) is 55.4 Å². The van der Waals surface area contributed by atoms with Gasteiger partial charge in [0.05, 0.1) is 5.75 Å². The second-order valence-electron chi connectivity index (χ2n) is 6.18. The van der Waals surface area contributed by atoms with Crippen LogP contribution in [0.4, 0.5) is 0 Å². The third-order valence-corrected chi connectivity index (χ3v) is 5.20. The van der Waals surface area contributed by atoms with Crippen LogP contribution in [0.1, 0.15) is 43.7 Å². The van der Waals surface area contributed by atoms with Crippen molar-refractivity contribution in [2.45, 2.75) is 63.5 Å². The predicted molar refractivity (Wildman–Crippen MR) is 92.6 cm³/mol. The van der Waals surface area contributed by atoms with Gasteiger partial charge in [-0.15, -0.1) is 11.8 Å². The second-order valence-corrected chi connectivity index (χ2v) is 7.20. The zero-order valence-corrected chi connectivity index (χ0v) is 14.9. The number of hydrogen-bond donors (Lipinski definition) is 1. The van der Waals surface area contributed by atoms with Gasteiger partial charge in [-0.1, -0.05) is 30.5 Å². The van der Waals surface area contributed by atoms with Crippen LogP contribution < -0.4 is 5.32 Å². The van der Waals surface area contributed by atoms with Gasteiger partial charge in [-0.2, -0.15) is 0 Å². The van der Waals surface area contributed by atoms with Crippen molar-refractivity contribution in [2.24, 2.45) is 0 Å². The normalized spacial score (nSPS) is 16.1. The number of carbonyl (C=O) groups excluding carboxylic acids is 2. The van der Waals surface area contributed by atoms with Crippen LogP contribution in [-0.4, -0.2) is 29.8 Å². The largest absolute Gasteiger partial charge is 0.452 e. The molecule has 2 rings (SSSR count). The molecule has 1 N–H and O–H groups in total. The Morgan fingerprint density at radius 3 is 2.65 bits per heavy atom. The summed E-state index contributed by atoms with van der Waals surface area (Å²) in [6.07, 6.45) is 3.63. The summed E-state index contributed by atoms with van der Waals surface area (Å²) in [6.45, 7) is 5.70. The summed E-state index contributed by atoms with van der Waals surface area (Å²) in [5.74, 6) is -0.337.